The zero-order valence-electron chi connectivity index (χ0n) is 16.3. The number of nitrogens with two attached hydrogens (primary N) is 1. The molecule has 1 aromatic heterocycles. The summed E-state index contributed by atoms with van der Waals surface area (Å²) in [5.74, 6) is 1.14. The van der Waals surface area contributed by atoms with Crippen LogP contribution in [0.1, 0.15) is 6.42 Å². The van der Waals surface area contributed by atoms with Crippen molar-refractivity contribution in [2.75, 3.05) is 12.9 Å². The zero-order valence-corrected chi connectivity index (χ0v) is 18.7. The average Bonchev–Trinajstić information content (AvgIpc) is 3.04. The van der Waals surface area contributed by atoms with E-state index in [0.717, 1.165) is 16.2 Å². The molecule has 2 N–H and O–H groups in total. The van der Waals surface area contributed by atoms with Gasteiger partial charge in [0.05, 0.1) is 22.2 Å². The Bertz CT molecular complexity index is 1240. The van der Waals surface area contributed by atoms with E-state index >= 15 is 0 Å². The highest BCUT2D eigenvalue weighted by Gasteiger charge is 2.13. The normalized spacial score (nSPS) is 12.3. The summed E-state index contributed by atoms with van der Waals surface area (Å²) < 4.78 is 30.9. The number of thiazole rings is 1. The molecule has 0 saturated carbocycles. The SMILES string of the molecule is C=CCn1c(=NC(=O)CCSc2ccc(OC)cc2)sc2cc(S(N)(=O)=O)ccc21. The van der Waals surface area contributed by atoms with E-state index in [2.05, 4.69) is 11.6 Å². The van der Waals surface area contributed by atoms with Crippen molar-refractivity contribution in [1.82, 2.24) is 4.57 Å². The molecular weight excluding hydrogens is 442 g/mol. The van der Waals surface area contributed by atoms with Gasteiger partial charge in [0.2, 0.25) is 15.9 Å². The monoisotopic (exact) mass is 463 g/mol. The summed E-state index contributed by atoms with van der Waals surface area (Å²) in [4.78, 5) is 18.2. The summed E-state index contributed by atoms with van der Waals surface area (Å²) in [7, 11) is -2.19. The molecular formula is C20H21N3O4S3. The van der Waals surface area contributed by atoms with Gasteiger partial charge in [0.1, 0.15) is 5.75 Å². The van der Waals surface area contributed by atoms with E-state index in [1.165, 1.54) is 23.5 Å². The Balaban J connectivity index is 1.79. The first-order valence-electron chi connectivity index (χ1n) is 8.93. The first kappa shape index (κ1) is 22.3. The molecule has 1 heterocycles. The quantitative estimate of drug-likeness (QED) is 0.408. The number of primary sulfonamides is 1. The lowest BCUT2D eigenvalue weighted by Crippen LogP contribution is -2.16. The number of sulfonamides is 1. The smallest absolute Gasteiger partial charge is 0.249 e. The maximum Gasteiger partial charge on any atom is 0.249 e. The zero-order chi connectivity index (χ0) is 21.7. The summed E-state index contributed by atoms with van der Waals surface area (Å²) in [5.41, 5.74) is 0.770. The van der Waals surface area contributed by atoms with E-state index in [1.54, 1.807) is 31.0 Å². The largest absolute Gasteiger partial charge is 0.497 e. The van der Waals surface area contributed by atoms with Crippen molar-refractivity contribution >= 4 is 49.2 Å². The molecule has 2 aromatic carbocycles. The molecule has 0 aliphatic heterocycles. The fourth-order valence-electron chi connectivity index (χ4n) is 2.71. The van der Waals surface area contributed by atoms with Crippen LogP contribution in [0.3, 0.4) is 0 Å². The van der Waals surface area contributed by atoms with Crippen LogP contribution in [0.15, 0.2) is 69.9 Å². The summed E-state index contributed by atoms with van der Waals surface area (Å²) in [5, 5.41) is 5.22. The van der Waals surface area contributed by atoms with Gasteiger partial charge in [-0.15, -0.1) is 18.3 Å². The molecule has 1 amide bonds. The van der Waals surface area contributed by atoms with Crippen LogP contribution in [0.25, 0.3) is 10.2 Å². The topological polar surface area (TPSA) is 104 Å². The number of carbonyl (C=O) groups excluding carboxylic acids is 1. The van der Waals surface area contributed by atoms with Gasteiger partial charge in [0, 0.05) is 23.6 Å². The van der Waals surface area contributed by atoms with E-state index in [1.807, 2.05) is 28.8 Å². The number of aromatic nitrogens is 1. The van der Waals surface area contributed by atoms with Gasteiger partial charge >= 0.3 is 0 Å². The first-order chi connectivity index (χ1) is 14.3. The molecule has 0 unspecified atom stereocenters. The number of fused-ring (bicyclic) bond motifs is 1. The van der Waals surface area contributed by atoms with E-state index in [9.17, 15) is 13.2 Å². The predicted octanol–water partition coefficient (Wildman–Crippen LogP) is 3.15. The van der Waals surface area contributed by atoms with Crippen LogP contribution in [0.2, 0.25) is 0 Å². The molecule has 10 heteroatoms. The number of benzene rings is 2. The average molecular weight is 464 g/mol. The molecule has 0 aliphatic carbocycles. The highest BCUT2D eigenvalue weighted by Crippen LogP contribution is 2.23. The second kappa shape index (κ2) is 9.61. The molecule has 0 spiro atoms. The van der Waals surface area contributed by atoms with E-state index in [0.29, 0.717) is 21.8 Å². The second-order valence-corrected chi connectivity index (χ2v) is 9.98. The number of ether oxygens (including phenoxy) is 1. The fraction of sp³-hybridized carbons (Fsp3) is 0.200. The lowest BCUT2D eigenvalue weighted by Gasteiger charge is -2.03. The van der Waals surface area contributed by atoms with Gasteiger partial charge in [0.25, 0.3) is 0 Å². The van der Waals surface area contributed by atoms with Crippen molar-refractivity contribution in [3.05, 3.63) is 59.9 Å². The Labute approximate surface area is 182 Å². The minimum absolute atomic E-state index is 0.0239. The van der Waals surface area contributed by atoms with Crippen LogP contribution in [0.4, 0.5) is 0 Å². The van der Waals surface area contributed by atoms with Gasteiger partial charge in [-0.05, 0) is 42.5 Å². The van der Waals surface area contributed by atoms with Crippen molar-refractivity contribution in [3.8, 4) is 5.75 Å². The number of hydrogen-bond donors (Lipinski definition) is 1. The molecule has 3 rings (SSSR count). The number of methoxy groups -OCH3 is 1. The van der Waals surface area contributed by atoms with Crippen molar-refractivity contribution in [1.29, 1.82) is 0 Å². The van der Waals surface area contributed by atoms with Crippen LogP contribution in [-0.2, 0) is 21.4 Å². The standard InChI is InChI=1S/C20H21N3O4S3/c1-3-11-23-17-9-8-16(30(21,25)26)13-18(17)29-20(23)22-19(24)10-12-28-15-6-4-14(27-2)5-7-15/h3-9,13H,1,10-12H2,2H3,(H2,21,25,26). The van der Waals surface area contributed by atoms with Crippen molar-refractivity contribution in [3.63, 3.8) is 0 Å². The Morgan fingerprint density at radius 2 is 2.03 bits per heavy atom. The molecule has 0 bridgehead atoms. The number of carbonyl (C=O) groups is 1. The number of thioether (sulfide) groups is 1. The minimum atomic E-state index is -3.81. The Morgan fingerprint density at radius 1 is 1.30 bits per heavy atom. The summed E-state index contributed by atoms with van der Waals surface area (Å²) in [6, 6.07) is 12.2. The summed E-state index contributed by atoms with van der Waals surface area (Å²) >= 11 is 2.81. The predicted molar refractivity (Wildman–Crippen MR) is 120 cm³/mol. The molecule has 3 aromatic rings. The summed E-state index contributed by atoms with van der Waals surface area (Å²) in [6.45, 7) is 4.19. The minimum Gasteiger partial charge on any atom is -0.497 e. The maximum absolute atomic E-state index is 12.4. The van der Waals surface area contributed by atoms with Crippen LogP contribution in [0, 0.1) is 0 Å². The van der Waals surface area contributed by atoms with Crippen molar-refractivity contribution < 1.29 is 17.9 Å². The lowest BCUT2D eigenvalue weighted by molar-refractivity contribution is -0.117. The van der Waals surface area contributed by atoms with E-state index in [-0.39, 0.29) is 17.2 Å². The molecule has 0 saturated heterocycles. The Kier molecular flexibility index (Phi) is 7.14. The number of nitrogens with zero attached hydrogens (tertiary/aromatic N) is 2. The fourth-order valence-corrected chi connectivity index (χ4v) is 5.26. The van der Waals surface area contributed by atoms with Gasteiger partial charge in [-0.25, -0.2) is 13.6 Å². The highest BCUT2D eigenvalue weighted by atomic mass is 32.2. The lowest BCUT2D eigenvalue weighted by atomic mass is 10.3. The van der Waals surface area contributed by atoms with Crippen LogP contribution in [-0.4, -0.2) is 31.8 Å². The first-order valence-corrected chi connectivity index (χ1v) is 12.3. The highest BCUT2D eigenvalue weighted by molar-refractivity contribution is 7.99. The number of rotatable bonds is 8. The van der Waals surface area contributed by atoms with E-state index in [4.69, 9.17) is 9.88 Å². The molecule has 0 atom stereocenters. The van der Waals surface area contributed by atoms with Crippen molar-refractivity contribution in [2.45, 2.75) is 22.8 Å². The van der Waals surface area contributed by atoms with Gasteiger partial charge in [-0.1, -0.05) is 17.4 Å². The van der Waals surface area contributed by atoms with Gasteiger partial charge in [-0.2, -0.15) is 4.99 Å². The maximum atomic E-state index is 12.4. The Hall–Kier alpha value is -2.40. The molecule has 0 radical (unpaired) electrons. The van der Waals surface area contributed by atoms with Crippen LogP contribution >= 0.6 is 23.1 Å². The number of amides is 1. The molecule has 0 fully saturated rings. The third kappa shape index (κ3) is 5.39. The second-order valence-electron chi connectivity index (χ2n) is 6.24. The number of allylic oxidation sites excluding steroid dienone is 1. The third-order valence-corrected chi connectivity index (χ3v) is 7.12. The van der Waals surface area contributed by atoms with Crippen molar-refractivity contribution in [2.24, 2.45) is 10.1 Å². The van der Waals surface area contributed by atoms with E-state index < -0.39 is 10.0 Å². The Morgan fingerprint density at radius 3 is 2.67 bits per heavy atom. The van der Waals surface area contributed by atoms with Gasteiger partial charge in [-0.3, -0.25) is 4.79 Å². The molecule has 158 valence electrons. The molecule has 7 nitrogen and oxygen atoms in total. The summed E-state index contributed by atoms with van der Waals surface area (Å²) in [6.07, 6.45) is 1.98. The number of hydrogen-bond acceptors (Lipinski definition) is 6. The van der Waals surface area contributed by atoms with Crippen LogP contribution < -0.4 is 14.7 Å². The molecule has 0 aliphatic rings. The van der Waals surface area contributed by atoms with Gasteiger partial charge < -0.3 is 9.30 Å². The molecule has 30 heavy (non-hydrogen) atoms. The van der Waals surface area contributed by atoms with Crippen LogP contribution in [0.5, 0.6) is 5.75 Å². The van der Waals surface area contributed by atoms with Gasteiger partial charge in [0.15, 0.2) is 4.80 Å². The third-order valence-electron chi connectivity index (χ3n) is 4.16.